The molecule has 14 heavy (non-hydrogen) atoms. The smallest absolute Gasteiger partial charge is 0.224 e. The number of alkyl halides is 2. The maximum atomic E-state index is 11.3. The van der Waals surface area contributed by atoms with Crippen LogP contribution in [0.3, 0.4) is 0 Å². The summed E-state index contributed by atoms with van der Waals surface area (Å²) >= 11 is 11.0. The molecule has 0 spiro atoms. The highest BCUT2D eigenvalue weighted by molar-refractivity contribution is 6.44. The summed E-state index contributed by atoms with van der Waals surface area (Å²) in [5, 5.41) is 2.74. The Balaban J connectivity index is 2.35. The second kappa shape index (κ2) is 5.89. The monoisotopic (exact) mass is 231 g/mol. The van der Waals surface area contributed by atoms with E-state index in [4.69, 9.17) is 23.2 Å². The number of halogens is 2. The first-order chi connectivity index (χ1) is 6.68. The van der Waals surface area contributed by atoms with Gasteiger partial charge in [-0.3, -0.25) is 4.79 Å². The fraction of sp³-hybridized carbons (Fsp3) is 0.300. The second-order valence-corrected chi connectivity index (χ2v) is 4.12. The number of para-hydroxylation sites is 1. The number of nitrogens with one attached hydrogen (secondary N) is 1. The van der Waals surface area contributed by atoms with Gasteiger partial charge in [-0.15, -0.1) is 23.2 Å². The molecule has 4 heteroatoms. The number of carbonyl (C=O) groups is 1. The number of hydrogen-bond acceptors (Lipinski definition) is 1. The molecule has 0 radical (unpaired) electrons. The Labute approximate surface area is 93.2 Å². The molecule has 0 aliphatic heterocycles. The largest absolute Gasteiger partial charge is 0.326 e. The van der Waals surface area contributed by atoms with Gasteiger partial charge in [0, 0.05) is 12.1 Å². The molecule has 1 amide bonds. The first kappa shape index (κ1) is 11.3. The van der Waals surface area contributed by atoms with Crippen LogP contribution in [0.2, 0.25) is 0 Å². The molecule has 76 valence electrons. The average molecular weight is 232 g/mol. The summed E-state index contributed by atoms with van der Waals surface area (Å²) in [6.07, 6.45) is 0.814. The molecule has 0 bridgehead atoms. The number of hydrogen-bond donors (Lipinski definition) is 1. The van der Waals surface area contributed by atoms with Crippen molar-refractivity contribution in [1.82, 2.24) is 0 Å². The summed E-state index contributed by atoms with van der Waals surface area (Å²) in [4.78, 5) is 10.8. The van der Waals surface area contributed by atoms with E-state index in [2.05, 4.69) is 5.32 Å². The van der Waals surface area contributed by atoms with Crippen LogP contribution >= 0.6 is 23.2 Å². The van der Waals surface area contributed by atoms with Crippen LogP contribution in [0, 0.1) is 0 Å². The van der Waals surface area contributed by atoms with Crippen LogP contribution in [0.4, 0.5) is 5.69 Å². The lowest BCUT2D eigenvalue weighted by Gasteiger charge is -2.04. The topological polar surface area (TPSA) is 29.1 Å². The van der Waals surface area contributed by atoms with E-state index in [9.17, 15) is 4.79 Å². The van der Waals surface area contributed by atoms with Gasteiger partial charge in [-0.25, -0.2) is 0 Å². The Kier molecular flexibility index (Phi) is 4.77. The number of benzene rings is 1. The molecule has 0 saturated carbocycles. The van der Waals surface area contributed by atoms with E-state index in [1.165, 1.54) is 0 Å². The lowest BCUT2D eigenvalue weighted by Crippen LogP contribution is -2.11. The van der Waals surface area contributed by atoms with Crippen molar-refractivity contribution in [3.8, 4) is 0 Å². The third-order valence-corrected chi connectivity index (χ3v) is 2.08. The van der Waals surface area contributed by atoms with Crippen molar-refractivity contribution in [2.75, 3.05) is 5.32 Å². The van der Waals surface area contributed by atoms with Crippen LogP contribution < -0.4 is 5.32 Å². The van der Waals surface area contributed by atoms with Crippen molar-refractivity contribution in [3.05, 3.63) is 30.3 Å². The second-order valence-electron chi connectivity index (χ2n) is 2.84. The number of anilines is 1. The van der Waals surface area contributed by atoms with E-state index in [0.717, 1.165) is 5.69 Å². The molecule has 2 nitrogen and oxygen atoms in total. The van der Waals surface area contributed by atoms with Crippen LogP contribution in [0.25, 0.3) is 0 Å². The molecule has 0 unspecified atom stereocenters. The zero-order chi connectivity index (χ0) is 10.4. The summed E-state index contributed by atoms with van der Waals surface area (Å²) in [6.45, 7) is 0. The molecule has 0 atom stereocenters. The lowest BCUT2D eigenvalue weighted by atomic mass is 10.3. The summed E-state index contributed by atoms with van der Waals surface area (Å²) in [7, 11) is 0. The van der Waals surface area contributed by atoms with E-state index in [-0.39, 0.29) is 5.91 Å². The predicted octanol–water partition coefficient (Wildman–Crippen LogP) is 3.21. The molecule has 1 N–H and O–H groups in total. The molecular weight excluding hydrogens is 221 g/mol. The van der Waals surface area contributed by atoms with Gasteiger partial charge in [-0.1, -0.05) is 18.2 Å². The maximum absolute atomic E-state index is 11.3. The Morgan fingerprint density at radius 1 is 1.29 bits per heavy atom. The molecule has 0 saturated heterocycles. The third kappa shape index (κ3) is 4.49. The van der Waals surface area contributed by atoms with Gasteiger partial charge in [-0.2, -0.15) is 0 Å². The van der Waals surface area contributed by atoms with Crippen molar-refractivity contribution in [2.45, 2.75) is 17.7 Å². The van der Waals surface area contributed by atoms with Crippen molar-refractivity contribution in [2.24, 2.45) is 0 Å². The molecule has 1 aromatic carbocycles. The van der Waals surface area contributed by atoms with Gasteiger partial charge in [0.25, 0.3) is 0 Å². The minimum Gasteiger partial charge on any atom is -0.326 e. The quantitative estimate of drug-likeness (QED) is 0.793. The summed E-state index contributed by atoms with van der Waals surface area (Å²) in [6, 6.07) is 9.28. The van der Waals surface area contributed by atoms with Crippen molar-refractivity contribution in [1.29, 1.82) is 0 Å². The molecule has 0 aliphatic rings. The van der Waals surface area contributed by atoms with E-state index in [0.29, 0.717) is 12.8 Å². The highest BCUT2D eigenvalue weighted by atomic mass is 35.5. The normalized spacial score (nSPS) is 10.2. The Morgan fingerprint density at radius 2 is 1.93 bits per heavy atom. The first-order valence-corrected chi connectivity index (χ1v) is 5.19. The molecule has 0 aromatic heterocycles. The van der Waals surface area contributed by atoms with Crippen molar-refractivity contribution < 1.29 is 4.79 Å². The number of amides is 1. The zero-order valence-corrected chi connectivity index (χ0v) is 9.05. The van der Waals surface area contributed by atoms with Gasteiger partial charge in [0.2, 0.25) is 5.91 Å². The third-order valence-electron chi connectivity index (χ3n) is 1.65. The van der Waals surface area contributed by atoms with Gasteiger partial charge in [0.15, 0.2) is 0 Å². The van der Waals surface area contributed by atoms with Crippen LogP contribution in [0.1, 0.15) is 12.8 Å². The number of carbonyl (C=O) groups excluding carboxylic acids is 1. The maximum Gasteiger partial charge on any atom is 0.224 e. The van der Waals surface area contributed by atoms with Gasteiger partial charge in [0.05, 0.1) is 0 Å². The van der Waals surface area contributed by atoms with E-state index >= 15 is 0 Å². The molecule has 0 heterocycles. The number of rotatable bonds is 4. The van der Waals surface area contributed by atoms with Gasteiger partial charge < -0.3 is 5.32 Å². The molecule has 1 aromatic rings. The van der Waals surface area contributed by atoms with E-state index in [1.807, 2.05) is 30.3 Å². The Hall–Kier alpha value is -0.730. The minimum atomic E-state index is -0.475. The highest BCUT2D eigenvalue weighted by Crippen LogP contribution is 2.11. The van der Waals surface area contributed by atoms with Crippen LogP contribution in [0.15, 0.2) is 30.3 Å². The van der Waals surface area contributed by atoms with Crippen LogP contribution in [-0.2, 0) is 4.79 Å². The molecule has 0 fully saturated rings. The lowest BCUT2D eigenvalue weighted by molar-refractivity contribution is -0.116. The molecular formula is C10H11Cl2NO. The van der Waals surface area contributed by atoms with Gasteiger partial charge >= 0.3 is 0 Å². The zero-order valence-electron chi connectivity index (χ0n) is 7.54. The van der Waals surface area contributed by atoms with Crippen molar-refractivity contribution >= 4 is 34.8 Å². The minimum absolute atomic E-state index is 0.0671. The first-order valence-electron chi connectivity index (χ1n) is 4.31. The SMILES string of the molecule is O=C(CCC(Cl)Cl)Nc1ccccc1. The Morgan fingerprint density at radius 3 is 2.50 bits per heavy atom. The van der Waals surface area contributed by atoms with Gasteiger partial charge in [0.1, 0.15) is 4.84 Å². The molecule has 1 rings (SSSR count). The average Bonchev–Trinajstić information content (AvgIpc) is 2.16. The van der Waals surface area contributed by atoms with Crippen LogP contribution in [0.5, 0.6) is 0 Å². The van der Waals surface area contributed by atoms with Gasteiger partial charge in [-0.05, 0) is 18.6 Å². The summed E-state index contributed by atoms with van der Waals surface area (Å²) in [5.74, 6) is -0.0671. The fourth-order valence-electron chi connectivity index (χ4n) is 0.985. The summed E-state index contributed by atoms with van der Waals surface area (Å²) in [5.41, 5.74) is 0.790. The Bertz CT molecular complexity index is 287. The van der Waals surface area contributed by atoms with Crippen LogP contribution in [-0.4, -0.2) is 10.7 Å². The fourth-order valence-corrected chi connectivity index (χ4v) is 1.20. The van der Waals surface area contributed by atoms with E-state index < -0.39 is 4.84 Å². The van der Waals surface area contributed by atoms with Crippen molar-refractivity contribution in [3.63, 3.8) is 0 Å². The molecule has 0 aliphatic carbocycles. The predicted molar refractivity (Wildman–Crippen MR) is 59.8 cm³/mol. The van der Waals surface area contributed by atoms with E-state index in [1.54, 1.807) is 0 Å². The standard InChI is InChI=1S/C10H11Cl2NO/c11-9(12)6-7-10(14)13-8-4-2-1-3-5-8/h1-5,9H,6-7H2,(H,13,14). The summed E-state index contributed by atoms with van der Waals surface area (Å²) < 4.78 is 0. The highest BCUT2D eigenvalue weighted by Gasteiger charge is 2.05.